The molecule has 4 rings (SSSR count). The third kappa shape index (κ3) is 4.19. The second-order valence-electron chi connectivity index (χ2n) is 8.50. The molecule has 0 bridgehead atoms. The highest BCUT2D eigenvalue weighted by molar-refractivity contribution is 6.04. The molecule has 0 spiro atoms. The van der Waals surface area contributed by atoms with Gasteiger partial charge in [0.1, 0.15) is 5.82 Å². The van der Waals surface area contributed by atoms with E-state index in [4.69, 9.17) is 0 Å². The lowest BCUT2D eigenvalue weighted by atomic mass is 9.92. The fourth-order valence-corrected chi connectivity index (χ4v) is 4.47. The molecule has 0 unspecified atom stereocenters. The monoisotopic (exact) mass is 423 g/mol. The van der Waals surface area contributed by atoms with Crippen LogP contribution in [0.2, 0.25) is 0 Å². The van der Waals surface area contributed by atoms with Crippen molar-refractivity contribution in [1.82, 2.24) is 9.97 Å². The zero-order valence-corrected chi connectivity index (χ0v) is 18.2. The molecule has 0 aliphatic carbocycles. The summed E-state index contributed by atoms with van der Waals surface area (Å²) in [6.45, 7) is 6.89. The number of piperidine rings is 1. The second-order valence-corrected chi connectivity index (χ2v) is 8.50. The molecule has 31 heavy (non-hydrogen) atoms. The fourth-order valence-electron chi connectivity index (χ4n) is 4.47. The molecule has 1 saturated heterocycles. The number of hydrogen-bond acceptors (Lipinski definition) is 5. The highest BCUT2D eigenvalue weighted by Gasteiger charge is 2.35. The Morgan fingerprint density at radius 1 is 1.23 bits per heavy atom. The maximum absolute atomic E-state index is 13.0. The number of nitrogens with one attached hydrogen (secondary N) is 3. The average molecular weight is 424 g/mol. The molecule has 2 atom stereocenters. The number of aryl methyl sites for hydroxylation is 2. The van der Waals surface area contributed by atoms with Gasteiger partial charge in [-0.2, -0.15) is 4.98 Å². The van der Waals surface area contributed by atoms with Gasteiger partial charge in [-0.05, 0) is 62.8 Å². The SMILES string of the molecule is CC[C@H]1CCCCN1c1nc2c(c(=O)[nH]1)[C@H](C(=O)Nc1ccc(C)c(C)c1)CC(=O)N2. The third-order valence-corrected chi connectivity index (χ3v) is 6.40. The average Bonchev–Trinajstić information content (AvgIpc) is 2.75. The highest BCUT2D eigenvalue weighted by Crippen LogP contribution is 2.32. The van der Waals surface area contributed by atoms with Crippen molar-refractivity contribution in [2.24, 2.45) is 0 Å². The molecule has 2 aliphatic rings. The molecule has 3 N–H and O–H groups in total. The van der Waals surface area contributed by atoms with Crippen LogP contribution in [0.15, 0.2) is 23.0 Å². The van der Waals surface area contributed by atoms with Crippen molar-refractivity contribution in [1.29, 1.82) is 0 Å². The van der Waals surface area contributed by atoms with Crippen LogP contribution < -0.4 is 21.1 Å². The largest absolute Gasteiger partial charge is 0.339 e. The van der Waals surface area contributed by atoms with Crippen LogP contribution in [0.5, 0.6) is 0 Å². The van der Waals surface area contributed by atoms with Gasteiger partial charge < -0.3 is 15.5 Å². The molecule has 1 aromatic heterocycles. The second kappa shape index (κ2) is 8.53. The first-order valence-corrected chi connectivity index (χ1v) is 11.0. The van der Waals surface area contributed by atoms with Gasteiger partial charge in [0.05, 0.1) is 11.5 Å². The van der Waals surface area contributed by atoms with Crippen LogP contribution >= 0.6 is 0 Å². The lowest BCUT2D eigenvalue weighted by molar-refractivity contribution is -0.123. The zero-order valence-electron chi connectivity index (χ0n) is 18.2. The normalized spacial score (nSPS) is 20.7. The van der Waals surface area contributed by atoms with E-state index in [0.29, 0.717) is 17.7 Å². The number of aromatic amines is 1. The maximum atomic E-state index is 13.0. The molecule has 2 aliphatic heterocycles. The van der Waals surface area contributed by atoms with Gasteiger partial charge in [0, 0.05) is 24.7 Å². The van der Waals surface area contributed by atoms with E-state index in [1.165, 1.54) is 0 Å². The van der Waals surface area contributed by atoms with Crippen LogP contribution in [0.4, 0.5) is 17.5 Å². The first-order chi connectivity index (χ1) is 14.9. The van der Waals surface area contributed by atoms with Gasteiger partial charge in [0.15, 0.2) is 0 Å². The van der Waals surface area contributed by atoms with Gasteiger partial charge in [-0.25, -0.2) is 0 Å². The van der Waals surface area contributed by atoms with E-state index in [1.807, 2.05) is 32.0 Å². The van der Waals surface area contributed by atoms with E-state index >= 15 is 0 Å². The molecule has 2 amide bonds. The van der Waals surface area contributed by atoms with Gasteiger partial charge in [0.25, 0.3) is 5.56 Å². The van der Waals surface area contributed by atoms with Gasteiger partial charge in [-0.1, -0.05) is 13.0 Å². The van der Waals surface area contributed by atoms with Crippen molar-refractivity contribution < 1.29 is 9.59 Å². The summed E-state index contributed by atoms with van der Waals surface area (Å²) in [6, 6.07) is 5.93. The number of carbonyl (C=O) groups is 2. The number of hydrogen-bond donors (Lipinski definition) is 3. The smallest absolute Gasteiger partial charge is 0.258 e. The number of benzene rings is 1. The highest BCUT2D eigenvalue weighted by atomic mass is 16.2. The Bertz CT molecular complexity index is 1080. The summed E-state index contributed by atoms with van der Waals surface area (Å²) in [6.07, 6.45) is 4.10. The third-order valence-electron chi connectivity index (χ3n) is 6.40. The zero-order chi connectivity index (χ0) is 22.1. The summed E-state index contributed by atoms with van der Waals surface area (Å²) >= 11 is 0. The molecular weight excluding hydrogens is 394 g/mol. The van der Waals surface area contributed by atoms with E-state index < -0.39 is 5.92 Å². The Labute approximate surface area is 181 Å². The summed E-state index contributed by atoms with van der Waals surface area (Å²) in [7, 11) is 0. The summed E-state index contributed by atoms with van der Waals surface area (Å²) in [5.74, 6) is -0.938. The standard InChI is InChI=1S/C23H29N5O3/c1-4-16-7-5-6-10-28(16)23-26-20-19(22(31)27-23)17(12-18(29)25-20)21(30)24-15-9-8-13(2)14(3)11-15/h8-9,11,16-17H,4-7,10,12H2,1-3H3,(H,24,30)(H2,25,26,27,29,31)/t16-,17+/m0/s1. The van der Waals surface area contributed by atoms with Crippen LogP contribution in [0.3, 0.4) is 0 Å². The van der Waals surface area contributed by atoms with Crippen LogP contribution in [-0.2, 0) is 9.59 Å². The first-order valence-electron chi connectivity index (χ1n) is 11.0. The molecule has 0 radical (unpaired) electrons. The fraction of sp³-hybridized carbons (Fsp3) is 0.478. The van der Waals surface area contributed by atoms with Crippen LogP contribution in [0, 0.1) is 13.8 Å². The number of carbonyl (C=O) groups excluding carboxylic acids is 2. The molecule has 2 aromatic rings. The quantitative estimate of drug-likeness (QED) is 0.700. The van der Waals surface area contributed by atoms with Gasteiger partial charge in [-0.15, -0.1) is 0 Å². The van der Waals surface area contributed by atoms with Gasteiger partial charge in [-0.3, -0.25) is 19.4 Å². The number of amides is 2. The molecule has 1 fully saturated rings. The molecule has 0 saturated carbocycles. The summed E-state index contributed by atoms with van der Waals surface area (Å²) in [4.78, 5) is 48.0. The minimum absolute atomic E-state index is 0.0882. The minimum Gasteiger partial charge on any atom is -0.339 e. The lowest BCUT2D eigenvalue weighted by Gasteiger charge is -2.36. The number of fused-ring (bicyclic) bond motifs is 1. The number of H-pyrrole nitrogens is 1. The first kappa shape index (κ1) is 21.1. The number of aromatic nitrogens is 2. The van der Waals surface area contributed by atoms with E-state index in [2.05, 4.69) is 32.4 Å². The van der Waals surface area contributed by atoms with Crippen molar-refractivity contribution in [3.8, 4) is 0 Å². The predicted octanol–water partition coefficient (Wildman–Crippen LogP) is 3.22. The number of nitrogens with zero attached hydrogens (tertiary/aromatic N) is 2. The van der Waals surface area contributed by atoms with Gasteiger partial charge in [0.2, 0.25) is 17.8 Å². The Balaban J connectivity index is 1.65. The number of anilines is 3. The molecule has 8 heteroatoms. The van der Waals surface area contributed by atoms with Crippen molar-refractivity contribution in [3.05, 3.63) is 45.2 Å². The Kier molecular flexibility index (Phi) is 5.80. The molecule has 164 valence electrons. The number of rotatable bonds is 4. The van der Waals surface area contributed by atoms with Crippen LogP contribution in [-0.4, -0.2) is 34.4 Å². The van der Waals surface area contributed by atoms with Crippen molar-refractivity contribution in [2.45, 2.75) is 64.8 Å². The topological polar surface area (TPSA) is 107 Å². The van der Waals surface area contributed by atoms with E-state index in [9.17, 15) is 14.4 Å². The molecular formula is C23H29N5O3. The Hall–Kier alpha value is -3.16. The molecule has 3 heterocycles. The van der Waals surface area contributed by atoms with Crippen molar-refractivity contribution in [3.63, 3.8) is 0 Å². The van der Waals surface area contributed by atoms with E-state index in [0.717, 1.165) is 43.4 Å². The summed E-state index contributed by atoms with van der Waals surface area (Å²) in [5, 5.41) is 5.55. The Morgan fingerprint density at radius 2 is 2.03 bits per heavy atom. The summed E-state index contributed by atoms with van der Waals surface area (Å²) in [5.41, 5.74) is 2.66. The minimum atomic E-state index is -0.890. The van der Waals surface area contributed by atoms with Crippen LogP contribution in [0.1, 0.15) is 61.6 Å². The maximum Gasteiger partial charge on any atom is 0.258 e. The van der Waals surface area contributed by atoms with Crippen molar-refractivity contribution >= 4 is 29.3 Å². The summed E-state index contributed by atoms with van der Waals surface area (Å²) < 4.78 is 0. The molecule has 8 nitrogen and oxygen atoms in total. The van der Waals surface area contributed by atoms with Crippen LogP contribution in [0.25, 0.3) is 0 Å². The predicted molar refractivity (Wildman–Crippen MR) is 121 cm³/mol. The molecule has 1 aromatic carbocycles. The van der Waals surface area contributed by atoms with Gasteiger partial charge >= 0.3 is 0 Å². The Morgan fingerprint density at radius 3 is 2.77 bits per heavy atom. The lowest BCUT2D eigenvalue weighted by Crippen LogP contribution is -2.43. The van der Waals surface area contributed by atoms with E-state index in [1.54, 1.807) is 0 Å². The van der Waals surface area contributed by atoms with E-state index in [-0.39, 0.29) is 35.2 Å². The van der Waals surface area contributed by atoms with Crippen molar-refractivity contribution in [2.75, 3.05) is 22.1 Å².